The average Bonchev–Trinajstić information content (AvgIpc) is 2.61. The monoisotopic (exact) mass is 298 g/mol. The molecule has 0 heterocycles. The van der Waals surface area contributed by atoms with Crippen molar-refractivity contribution in [1.82, 2.24) is 0 Å². The second kappa shape index (κ2) is 4.52. The van der Waals surface area contributed by atoms with Gasteiger partial charge in [-0.3, -0.25) is 4.79 Å². The second-order valence-corrected chi connectivity index (χ2v) is 6.25. The van der Waals surface area contributed by atoms with E-state index in [1.165, 1.54) is 0 Å². The molecule has 0 N–H and O–H groups in total. The van der Waals surface area contributed by atoms with Gasteiger partial charge in [0.2, 0.25) is 0 Å². The van der Waals surface area contributed by atoms with Crippen molar-refractivity contribution in [1.29, 1.82) is 0 Å². The zero-order chi connectivity index (χ0) is 12.6. The van der Waals surface area contributed by atoms with Gasteiger partial charge in [0.05, 0.1) is 10.0 Å². The molecule has 1 atom stereocenters. The molecule has 1 nitrogen and oxygen atoms in total. The Morgan fingerprint density at radius 2 is 2.18 bits per heavy atom. The van der Waals surface area contributed by atoms with Crippen LogP contribution in [0.2, 0.25) is 0 Å². The molecule has 1 unspecified atom stereocenters. The molecule has 0 aromatic heterocycles. The fourth-order valence-electron chi connectivity index (χ4n) is 2.69. The summed E-state index contributed by atoms with van der Waals surface area (Å²) in [5.74, 6) is -0.530. The summed E-state index contributed by atoms with van der Waals surface area (Å²) in [6, 6.07) is 4.91. The first kappa shape index (κ1) is 12.7. The summed E-state index contributed by atoms with van der Waals surface area (Å²) >= 11 is 3.12. The van der Waals surface area contributed by atoms with Crippen LogP contribution >= 0.6 is 15.9 Å². The third-order valence-corrected chi connectivity index (χ3v) is 4.40. The number of benzene rings is 1. The lowest BCUT2D eigenvalue weighted by Gasteiger charge is -2.25. The van der Waals surface area contributed by atoms with Gasteiger partial charge in [-0.2, -0.15) is 0 Å². The molecule has 0 spiro atoms. The molecule has 0 saturated heterocycles. The van der Waals surface area contributed by atoms with Crippen LogP contribution in [0.15, 0.2) is 22.7 Å². The molecule has 3 heteroatoms. The van der Waals surface area contributed by atoms with Gasteiger partial charge in [-0.05, 0) is 46.3 Å². The number of carbonyl (C=O) groups is 1. The lowest BCUT2D eigenvalue weighted by molar-refractivity contribution is 0.0834. The number of Topliss-reactive ketones (excluding diaryl/α,β-unsaturated/α-hetero) is 1. The SMILES string of the molecule is CC1(C)CCCC1C(=O)c1cccc(Br)c1F. The molecular weight excluding hydrogens is 283 g/mol. The van der Waals surface area contributed by atoms with Crippen LogP contribution in [0.5, 0.6) is 0 Å². The van der Waals surface area contributed by atoms with Crippen molar-refractivity contribution >= 4 is 21.7 Å². The number of hydrogen-bond acceptors (Lipinski definition) is 1. The first-order chi connectivity index (χ1) is 7.93. The Labute approximate surface area is 110 Å². The van der Waals surface area contributed by atoms with E-state index in [-0.39, 0.29) is 22.7 Å². The smallest absolute Gasteiger partial charge is 0.169 e. The zero-order valence-corrected chi connectivity index (χ0v) is 11.7. The molecule has 1 saturated carbocycles. The van der Waals surface area contributed by atoms with E-state index >= 15 is 0 Å². The maximum Gasteiger partial charge on any atom is 0.169 e. The molecule has 0 amide bonds. The van der Waals surface area contributed by atoms with Gasteiger partial charge in [0.15, 0.2) is 5.78 Å². The van der Waals surface area contributed by atoms with Crippen LogP contribution in [-0.2, 0) is 0 Å². The van der Waals surface area contributed by atoms with Gasteiger partial charge in [-0.1, -0.05) is 26.3 Å². The Hall–Kier alpha value is -0.700. The first-order valence-electron chi connectivity index (χ1n) is 5.92. The first-order valence-corrected chi connectivity index (χ1v) is 6.71. The van der Waals surface area contributed by atoms with Gasteiger partial charge in [-0.25, -0.2) is 4.39 Å². The summed E-state index contributed by atoms with van der Waals surface area (Å²) in [4.78, 5) is 12.4. The van der Waals surface area contributed by atoms with Crippen LogP contribution in [0.4, 0.5) is 4.39 Å². The van der Waals surface area contributed by atoms with Gasteiger partial charge in [0.25, 0.3) is 0 Å². The van der Waals surface area contributed by atoms with Gasteiger partial charge in [-0.15, -0.1) is 0 Å². The maximum atomic E-state index is 13.9. The highest BCUT2D eigenvalue weighted by atomic mass is 79.9. The molecule has 92 valence electrons. The van der Waals surface area contributed by atoms with Crippen LogP contribution in [-0.4, -0.2) is 5.78 Å². The van der Waals surface area contributed by atoms with Gasteiger partial charge in [0.1, 0.15) is 5.82 Å². The summed E-state index contributed by atoms with van der Waals surface area (Å²) in [5, 5.41) is 0. The molecule has 1 aliphatic carbocycles. The third-order valence-electron chi connectivity index (χ3n) is 3.79. The lowest BCUT2D eigenvalue weighted by Crippen LogP contribution is -2.26. The van der Waals surface area contributed by atoms with E-state index in [2.05, 4.69) is 29.8 Å². The third kappa shape index (κ3) is 2.30. The standard InChI is InChI=1S/C14H16BrFO/c1-14(2)8-4-6-10(14)13(17)9-5-3-7-11(15)12(9)16/h3,5,7,10H,4,6,8H2,1-2H3. The van der Waals surface area contributed by atoms with Crippen LogP contribution in [0.25, 0.3) is 0 Å². The van der Waals surface area contributed by atoms with Crippen molar-refractivity contribution in [2.75, 3.05) is 0 Å². The van der Waals surface area contributed by atoms with E-state index in [0.29, 0.717) is 4.47 Å². The fraction of sp³-hybridized carbons (Fsp3) is 0.500. The van der Waals surface area contributed by atoms with E-state index in [9.17, 15) is 9.18 Å². The molecule has 0 radical (unpaired) electrons. The molecule has 0 aliphatic heterocycles. The maximum absolute atomic E-state index is 13.9. The minimum Gasteiger partial charge on any atom is -0.294 e. The van der Waals surface area contributed by atoms with E-state index in [4.69, 9.17) is 0 Å². The predicted molar refractivity (Wildman–Crippen MR) is 69.6 cm³/mol. The lowest BCUT2D eigenvalue weighted by atomic mass is 9.77. The normalized spacial score (nSPS) is 22.7. The van der Waals surface area contributed by atoms with Crippen molar-refractivity contribution in [3.63, 3.8) is 0 Å². The largest absolute Gasteiger partial charge is 0.294 e. The van der Waals surface area contributed by atoms with Crippen molar-refractivity contribution in [3.8, 4) is 0 Å². The van der Waals surface area contributed by atoms with Gasteiger partial charge in [0, 0.05) is 5.92 Å². The highest BCUT2D eigenvalue weighted by molar-refractivity contribution is 9.10. The Bertz CT molecular complexity index is 454. The Kier molecular flexibility index (Phi) is 3.39. The zero-order valence-electron chi connectivity index (χ0n) is 10.1. The van der Waals surface area contributed by atoms with Gasteiger partial charge < -0.3 is 0 Å². The predicted octanol–water partition coefficient (Wildman–Crippen LogP) is 4.60. The van der Waals surface area contributed by atoms with Crippen molar-refractivity contribution in [3.05, 3.63) is 34.1 Å². The van der Waals surface area contributed by atoms with E-state index in [1.807, 2.05) is 0 Å². The number of ketones is 1. The van der Waals surface area contributed by atoms with Crippen molar-refractivity contribution < 1.29 is 9.18 Å². The number of halogens is 2. The number of rotatable bonds is 2. The molecule has 1 aliphatic rings. The molecule has 0 bridgehead atoms. The van der Waals surface area contributed by atoms with Gasteiger partial charge >= 0.3 is 0 Å². The molecule has 1 fully saturated rings. The second-order valence-electron chi connectivity index (χ2n) is 5.40. The fourth-order valence-corrected chi connectivity index (χ4v) is 3.06. The van der Waals surface area contributed by atoms with Crippen molar-refractivity contribution in [2.45, 2.75) is 33.1 Å². The molecular formula is C14H16BrFO. The summed E-state index contributed by atoms with van der Waals surface area (Å²) in [6.07, 6.45) is 2.97. The van der Waals surface area contributed by atoms with Crippen LogP contribution in [0, 0.1) is 17.2 Å². The Morgan fingerprint density at radius 1 is 1.47 bits per heavy atom. The highest BCUT2D eigenvalue weighted by Gasteiger charge is 2.40. The highest BCUT2D eigenvalue weighted by Crippen LogP contribution is 2.44. The molecule has 17 heavy (non-hydrogen) atoms. The number of hydrogen-bond donors (Lipinski definition) is 0. The summed E-state index contributed by atoms with van der Waals surface area (Å²) in [7, 11) is 0. The number of carbonyl (C=O) groups excluding carboxylic acids is 1. The Morgan fingerprint density at radius 3 is 2.76 bits per heavy atom. The van der Waals surface area contributed by atoms with E-state index in [1.54, 1.807) is 18.2 Å². The van der Waals surface area contributed by atoms with Crippen LogP contribution in [0.1, 0.15) is 43.5 Å². The van der Waals surface area contributed by atoms with Crippen LogP contribution in [0.3, 0.4) is 0 Å². The Balaban J connectivity index is 2.35. The quantitative estimate of drug-likeness (QED) is 0.730. The van der Waals surface area contributed by atoms with Crippen molar-refractivity contribution in [2.24, 2.45) is 11.3 Å². The molecule has 1 aromatic carbocycles. The van der Waals surface area contributed by atoms with Crippen LogP contribution < -0.4 is 0 Å². The minimum absolute atomic E-state index is 0.00809. The minimum atomic E-state index is -0.430. The summed E-state index contributed by atoms with van der Waals surface area (Å²) < 4.78 is 14.2. The molecule has 1 aromatic rings. The summed E-state index contributed by atoms with van der Waals surface area (Å²) in [6.45, 7) is 4.19. The average molecular weight is 299 g/mol. The van der Waals surface area contributed by atoms with E-state index in [0.717, 1.165) is 19.3 Å². The topological polar surface area (TPSA) is 17.1 Å². The molecule has 2 rings (SSSR count). The summed E-state index contributed by atoms with van der Waals surface area (Å²) in [5.41, 5.74) is 0.214. The van der Waals surface area contributed by atoms with E-state index < -0.39 is 5.82 Å².